The summed E-state index contributed by atoms with van der Waals surface area (Å²) >= 11 is 11.3. The average molecular weight is 423 g/mol. The summed E-state index contributed by atoms with van der Waals surface area (Å²) in [6, 6.07) is 13.1. The molecule has 0 radical (unpaired) electrons. The first-order valence-electron chi connectivity index (χ1n) is 7.05. The molecule has 0 aliphatic heterocycles. The molecule has 2 aromatic carbocycles. The number of aromatic nitrogens is 1. The highest BCUT2D eigenvalue weighted by Gasteiger charge is 2.12. The minimum atomic E-state index is 0.508. The molecule has 0 saturated heterocycles. The average Bonchev–Trinajstić information content (AvgIpc) is 3.00. The monoisotopic (exact) mass is 421 g/mol. The minimum Gasteiger partial charge on any atom is -0.455 e. The summed E-state index contributed by atoms with van der Waals surface area (Å²) in [4.78, 5) is 4.30. The molecule has 1 N–H and O–H groups in total. The Morgan fingerprint density at radius 2 is 2.04 bits per heavy atom. The van der Waals surface area contributed by atoms with Crippen LogP contribution in [0.3, 0.4) is 0 Å². The molecule has 0 aliphatic carbocycles. The van der Waals surface area contributed by atoms with Crippen LogP contribution in [0, 0.1) is 6.92 Å². The van der Waals surface area contributed by atoms with E-state index in [0.29, 0.717) is 16.5 Å². The van der Waals surface area contributed by atoms with E-state index in [1.54, 1.807) is 12.3 Å². The van der Waals surface area contributed by atoms with Crippen molar-refractivity contribution < 1.29 is 4.74 Å². The molecular weight excluding hydrogens is 410 g/mol. The predicted molar refractivity (Wildman–Crippen MR) is 104 cm³/mol. The van der Waals surface area contributed by atoms with Gasteiger partial charge in [-0.15, -0.1) is 11.3 Å². The zero-order valence-corrected chi connectivity index (χ0v) is 15.8. The molecule has 0 fully saturated rings. The number of halogens is 2. The van der Waals surface area contributed by atoms with Crippen LogP contribution >= 0.6 is 38.9 Å². The number of hydrogen-bond donors (Lipinski definition) is 1. The first-order chi connectivity index (χ1) is 11.6. The maximum absolute atomic E-state index is 6.31. The fraction of sp³-hybridized carbons (Fsp3) is 0.0588. The normalized spacial score (nSPS) is 11.0. The molecule has 7 heteroatoms. The number of benzene rings is 2. The van der Waals surface area contributed by atoms with E-state index in [9.17, 15) is 0 Å². The molecule has 0 unspecified atom stereocenters. The Morgan fingerprint density at radius 1 is 1.25 bits per heavy atom. The fourth-order valence-electron chi connectivity index (χ4n) is 1.94. The van der Waals surface area contributed by atoms with Crippen molar-refractivity contribution in [1.29, 1.82) is 0 Å². The lowest BCUT2D eigenvalue weighted by Crippen LogP contribution is -1.96. The molecule has 0 atom stereocenters. The summed E-state index contributed by atoms with van der Waals surface area (Å²) in [5, 5.41) is 7.43. The highest BCUT2D eigenvalue weighted by atomic mass is 79.9. The first-order valence-corrected chi connectivity index (χ1v) is 9.10. The summed E-state index contributed by atoms with van der Waals surface area (Å²) in [6.07, 6.45) is 1.66. The predicted octanol–water partition coefficient (Wildman–Crippen LogP) is 6.11. The van der Waals surface area contributed by atoms with Gasteiger partial charge in [0, 0.05) is 9.85 Å². The van der Waals surface area contributed by atoms with Crippen LogP contribution in [0.4, 0.5) is 5.13 Å². The van der Waals surface area contributed by atoms with Gasteiger partial charge in [0.25, 0.3) is 0 Å². The second-order valence-corrected chi connectivity index (χ2v) is 6.97. The van der Waals surface area contributed by atoms with Gasteiger partial charge in [-0.2, -0.15) is 5.10 Å². The fourth-order valence-corrected chi connectivity index (χ4v) is 3.19. The molecule has 0 saturated carbocycles. The van der Waals surface area contributed by atoms with Gasteiger partial charge in [-0.05, 0) is 47.1 Å². The first kappa shape index (κ1) is 17.0. The Kier molecular flexibility index (Phi) is 5.50. The topological polar surface area (TPSA) is 46.5 Å². The number of hydrogen-bond acceptors (Lipinski definition) is 5. The van der Waals surface area contributed by atoms with E-state index in [2.05, 4.69) is 31.4 Å². The van der Waals surface area contributed by atoms with Gasteiger partial charge >= 0.3 is 0 Å². The molecule has 122 valence electrons. The van der Waals surface area contributed by atoms with Crippen molar-refractivity contribution in [3.8, 4) is 11.5 Å². The summed E-state index contributed by atoms with van der Waals surface area (Å²) in [7, 11) is 0. The Labute approximate surface area is 157 Å². The maximum atomic E-state index is 6.31. The number of anilines is 1. The molecule has 1 heterocycles. The van der Waals surface area contributed by atoms with E-state index in [-0.39, 0.29) is 0 Å². The summed E-state index contributed by atoms with van der Waals surface area (Å²) in [5.74, 6) is 1.24. The van der Waals surface area contributed by atoms with Crippen molar-refractivity contribution in [3.63, 3.8) is 0 Å². The molecule has 0 bridgehead atoms. The number of para-hydroxylation sites is 1. The zero-order valence-electron chi connectivity index (χ0n) is 12.7. The molecule has 0 aliphatic rings. The van der Waals surface area contributed by atoms with Crippen LogP contribution in [-0.2, 0) is 0 Å². The second-order valence-electron chi connectivity index (χ2n) is 4.85. The Morgan fingerprint density at radius 3 is 2.75 bits per heavy atom. The van der Waals surface area contributed by atoms with Crippen molar-refractivity contribution in [3.05, 3.63) is 68.6 Å². The molecule has 3 rings (SSSR count). The van der Waals surface area contributed by atoms with E-state index >= 15 is 0 Å². The third-order valence-corrected chi connectivity index (χ3v) is 4.88. The third kappa shape index (κ3) is 4.14. The molecule has 3 aromatic rings. The van der Waals surface area contributed by atoms with Gasteiger partial charge in [0.2, 0.25) is 5.13 Å². The molecular formula is C17H13BrClN3OS. The smallest absolute Gasteiger partial charge is 0.203 e. The number of thiazole rings is 1. The lowest BCUT2D eigenvalue weighted by atomic mass is 10.2. The standard InChI is InChI=1S/C17H13BrClN3OS/c1-11-10-24-17(21-11)22-20-9-13-14(18)7-8-15(19)16(13)23-12-5-3-2-4-6-12/h2-10H,1H3,(H,21,22). The van der Waals surface area contributed by atoms with E-state index in [1.807, 2.05) is 48.7 Å². The van der Waals surface area contributed by atoms with Crippen molar-refractivity contribution in [2.24, 2.45) is 5.10 Å². The van der Waals surface area contributed by atoms with Gasteiger partial charge in [0.05, 0.1) is 22.5 Å². The lowest BCUT2D eigenvalue weighted by Gasteiger charge is -2.12. The van der Waals surface area contributed by atoms with Gasteiger partial charge in [-0.25, -0.2) is 4.98 Å². The Balaban J connectivity index is 1.87. The van der Waals surface area contributed by atoms with Gasteiger partial charge in [-0.3, -0.25) is 5.43 Å². The quantitative estimate of drug-likeness (QED) is 0.399. The molecule has 0 spiro atoms. The van der Waals surface area contributed by atoms with Crippen LogP contribution in [0.2, 0.25) is 5.02 Å². The Bertz CT molecular complexity index is 868. The van der Waals surface area contributed by atoms with Crippen molar-refractivity contribution in [1.82, 2.24) is 4.98 Å². The van der Waals surface area contributed by atoms with Gasteiger partial charge < -0.3 is 4.74 Å². The van der Waals surface area contributed by atoms with E-state index < -0.39 is 0 Å². The molecule has 0 amide bonds. The summed E-state index contributed by atoms with van der Waals surface area (Å²) in [6.45, 7) is 1.94. The lowest BCUT2D eigenvalue weighted by molar-refractivity contribution is 0.482. The van der Waals surface area contributed by atoms with Gasteiger partial charge in [-0.1, -0.05) is 29.8 Å². The molecule has 4 nitrogen and oxygen atoms in total. The number of hydrazone groups is 1. The molecule has 24 heavy (non-hydrogen) atoms. The highest BCUT2D eigenvalue weighted by Crippen LogP contribution is 2.36. The third-order valence-electron chi connectivity index (χ3n) is 3.03. The summed E-state index contributed by atoms with van der Waals surface area (Å²) in [5.41, 5.74) is 4.61. The van der Waals surface area contributed by atoms with Crippen molar-refractivity contribution in [2.45, 2.75) is 6.92 Å². The summed E-state index contributed by atoms with van der Waals surface area (Å²) < 4.78 is 6.77. The number of nitrogens with zero attached hydrogens (tertiary/aromatic N) is 2. The second kappa shape index (κ2) is 7.79. The van der Waals surface area contributed by atoms with E-state index in [1.165, 1.54) is 11.3 Å². The Hall–Kier alpha value is -1.89. The van der Waals surface area contributed by atoms with E-state index in [4.69, 9.17) is 16.3 Å². The van der Waals surface area contributed by atoms with Crippen LogP contribution in [-0.4, -0.2) is 11.2 Å². The van der Waals surface area contributed by atoms with Crippen LogP contribution in [0.15, 0.2) is 57.4 Å². The van der Waals surface area contributed by atoms with Gasteiger partial charge in [0.1, 0.15) is 5.75 Å². The van der Waals surface area contributed by atoms with Gasteiger partial charge in [0.15, 0.2) is 5.75 Å². The molecule has 1 aromatic heterocycles. The van der Waals surface area contributed by atoms with Crippen LogP contribution in [0.1, 0.15) is 11.3 Å². The van der Waals surface area contributed by atoms with Crippen LogP contribution in [0.5, 0.6) is 11.5 Å². The number of rotatable bonds is 5. The SMILES string of the molecule is Cc1csc(NN=Cc2c(Br)ccc(Cl)c2Oc2ccccc2)n1. The number of nitrogens with one attached hydrogen (secondary N) is 1. The minimum absolute atomic E-state index is 0.508. The van der Waals surface area contributed by atoms with Crippen molar-refractivity contribution in [2.75, 3.05) is 5.43 Å². The van der Waals surface area contributed by atoms with Crippen molar-refractivity contribution >= 4 is 50.2 Å². The van der Waals surface area contributed by atoms with Crippen LogP contribution in [0.25, 0.3) is 0 Å². The zero-order chi connectivity index (χ0) is 16.9. The largest absolute Gasteiger partial charge is 0.455 e. The highest BCUT2D eigenvalue weighted by molar-refractivity contribution is 9.10. The number of aryl methyl sites for hydroxylation is 1. The van der Waals surface area contributed by atoms with E-state index in [0.717, 1.165) is 20.9 Å². The number of ether oxygens (including phenoxy) is 1. The maximum Gasteiger partial charge on any atom is 0.203 e. The van der Waals surface area contributed by atoms with Crippen LogP contribution < -0.4 is 10.2 Å².